The Hall–Kier alpha value is -2.49. The van der Waals surface area contributed by atoms with E-state index in [-0.39, 0.29) is 42.5 Å². The normalized spacial score (nSPS) is 19.1. The first-order valence-corrected chi connectivity index (χ1v) is 16.5. The minimum Gasteiger partial charge on any atom is -0.376 e. The van der Waals surface area contributed by atoms with Crippen molar-refractivity contribution in [3.63, 3.8) is 0 Å². The molecular formula is C26H30F3N3O5S3. The van der Waals surface area contributed by atoms with Gasteiger partial charge in [-0.2, -0.15) is 21.8 Å². The third-order valence-corrected chi connectivity index (χ3v) is 11.4. The molecule has 8 nitrogen and oxygen atoms in total. The van der Waals surface area contributed by atoms with Crippen LogP contribution in [0.1, 0.15) is 18.1 Å². The summed E-state index contributed by atoms with van der Waals surface area (Å²) in [6.07, 6.45) is -3.80. The summed E-state index contributed by atoms with van der Waals surface area (Å²) in [6, 6.07) is 16.6. The van der Waals surface area contributed by atoms with E-state index < -0.39 is 37.9 Å². The molecule has 0 unspecified atom stereocenters. The largest absolute Gasteiger partial charge is 0.421 e. The molecule has 14 heteroatoms. The highest BCUT2D eigenvalue weighted by molar-refractivity contribution is 7.91. The molecule has 3 aromatic rings. The third-order valence-electron chi connectivity index (χ3n) is 6.93. The number of anilines is 1. The first-order chi connectivity index (χ1) is 18.6. The van der Waals surface area contributed by atoms with Crippen LogP contribution in [-0.4, -0.2) is 75.2 Å². The van der Waals surface area contributed by atoms with Crippen molar-refractivity contribution in [1.82, 2.24) is 8.61 Å². The van der Waals surface area contributed by atoms with Crippen molar-refractivity contribution >= 4 is 37.1 Å². The Morgan fingerprint density at radius 1 is 0.975 bits per heavy atom. The Balaban J connectivity index is 1.68. The van der Waals surface area contributed by atoms with E-state index in [0.717, 1.165) is 23.2 Å². The van der Waals surface area contributed by atoms with Crippen molar-refractivity contribution in [3.8, 4) is 0 Å². The molecule has 0 radical (unpaired) electrons. The lowest BCUT2D eigenvalue weighted by Crippen LogP contribution is -2.58. The van der Waals surface area contributed by atoms with Crippen molar-refractivity contribution in [1.29, 1.82) is 0 Å². The van der Waals surface area contributed by atoms with E-state index in [1.54, 1.807) is 40.6 Å². The summed E-state index contributed by atoms with van der Waals surface area (Å²) in [5, 5.41) is 11.7. The zero-order valence-electron chi connectivity index (χ0n) is 21.8. The number of piperazine rings is 1. The number of rotatable bonds is 9. The monoisotopic (exact) mass is 617 g/mol. The summed E-state index contributed by atoms with van der Waals surface area (Å²) in [7, 11) is -7.55. The third kappa shape index (κ3) is 6.52. The number of sulfonamides is 2. The highest BCUT2D eigenvalue weighted by atomic mass is 32.2. The molecule has 2 heterocycles. The lowest BCUT2D eigenvalue weighted by atomic mass is 9.95. The number of thiophene rings is 1. The number of nitrogens with zero attached hydrogens (tertiary/aromatic N) is 3. The van der Waals surface area contributed by atoms with Gasteiger partial charge in [-0.05, 0) is 41.6 Å². The van der Waals surface area contributed by atoms with Crippen molar-refractivity contribution in [2.24, 2.45) is 0 Å². The van der Waals surface area contributed by atoms with E-state index in [0.29, 0.717) is 12.6 Å². The number of alkyl halides is 3. The SMILES string of the molecule is C[C@@](O)(c1ccc(N2CCN(S(=O)(=O)c3cccs3)C[C@@H]2CN(Cc2ccccc2)S(C)(=O)=O)cc1)C(F)(F)F. The molecule has 4 rings (SSSR count). The molecule has 1 aromatic heterocycles. The van der Waals surface area contributed by atoms with E-state index in [4.69, 9.17) is 0 Å². The predicted molar refractivity (Wildman–Crippen MR) is 148 cm³/mol. The lowest BCUT2D eigenvalue weighted by Gasteiger charge is -2.43. The Bertz CT molecular complexity index is 1500. The fourth-order valence-corrected chi connectivity index (χ4v) is 8.00. The van der Waals surface area contributed by atoms with Crippen LogP contribution in [-0.2, 0) is 32.2 Å². The molecule has 0 spiro atoms. The van der Waals surface area contributed by atoms with Crippen molar-refractivity contribution in [2.75, 3.05) is 37.3 Å². The second-order valence-corrected chi connectivity index (χ2v) is 14.9. The number of halogens is 3. The van der Waals surface area contributed by atoms with Crippen molar-refractivity contribution in [3.05, 3.63) is 83.2 Å². The van der Waals surface area contributed by atoms with Gasteiger partial charge in [0.15, 0.2) is 5.60 Å². The first kappa shape index (κ1) is 30.5. The fourth-order valence-electron chi connectivity index (χ4n) is 4.56. The first-order valence-electron chi connectivity index (χ1n) is 12.3. The molecule has 218 valence electrons. The molecule has 1 aliphatic rings. The molecule has 1 aliphatic heterocycles. The smallest absolute Gasteiger partial charge is 0.376 e. The number of hydrogen-bond acceptors (Lipinski definition) is 7. The Morgan fingerprint density at radius 3 is 2.17 bits per heavy atom. The quantitative estimate of drug-likeness (QED) is 0.392. The van der Waals surface area contributed by atoms with Crippen LogP contribution in [0.4, 0.5) is 18.9 Å². The van der Waals surface area contributed by atoms with Gasteiger partial charge in [0, 0.05) is 38.4 Å². The minimum absolute atomic E-state index is 0.0386. The van der Waals surface area contributed by atoms with Gasteiger partial charge in [0.05, 0.1) is 12.3 Å². The molecule has 0 saturated carbocycles. The number of aliphatic hydroxyl groups is 1. The lowest BCUT2D eigenvalue weighted by molar-refractivity contribution is -0.258. The highest BCUT2D eigenvalue weighted by Crippen LogP contribution is 2.39. The van der Waals surface area contributed by atoms with E-state index >= 15 is 0 Å². The molecule has 2 aromatic carbocycles. The molecule has 0 bridgehead atoms. The number of hydrogen-bond donors (Lipinski definition) is 1. The molecule has 0 amide bonds. The molecule has 0 aliphatic carbocycles. The Labute approximate surface area is 236 Å². The van der Waals surface area contributed by atoms with Crippen LogP contribution >= 0.6 is 11.3 Å². The number of benzene rings is 2. The van der Waals surface area contributed by atoms with E-state index in [1.807, 2.05) is 6.07 Å². The zero-order chi connectivity index (χ0) is 29.3. The van der Waals surface area contributed by atoms with Crippen molar-refractivity contribution in [2.45, 2.75) is 35.5 Å². The minimum atomic E-state index is -4.88. The average molecular weight is 618 g/mol. The van der Waals surface area contributed by atoms with Crippen LogP contribution in [0.3, 0.4) is 0 Å². The van der Waals surface area contributed by atoms with E-state index in [1.165, 1.54) is 38.9 Å². The molecule has 2 atom stereocenters. The maximum Gasteiger partial charge on any atom is 0.421 e. The summed E-state index contributed by atoms with van der Waals surface area (Å²) < 4.78 is 95.1. The van der Waals surface area contributed by atoms with Gasteiger partial charge in [0.2, 0.25) is 10.0 Å². The summed E-state index contributed by atoms with van der Waals surface area (Å²) in [5.74, 6) is 0. The van der Waals surface area contributed by atoms with E-state index in [9.17, 15) is 35.1 Å². The van der Waals surface area contributed by atoms with Crippen molar-refractivity contribution < 1.29 is 35.1 Å². The highest BCUT2D eigenvalue weighted by Gasteiger charge is 2.51. The van der Waals surface area contributed by atoms with Crippen LogP contribution in [0.25, 0.3) is 0 Å². The van der Waals surface area contributed by atoms with Gasteiger partial charge >= 0.3 is 6.18 Å². The predicted octanol–water partition coefficient (Wildman–Crippen LogP) is 3.86. The summed E-state index contributed by atoms with van der Waals surface area (Å²) in [5.41, 5.74) is -2.17. The molecule has 1 fully saturated rings. The average Bonchev–Trinajstić information content (AvgIpc) is 3.44. The van der Waals surface area contributed by atoms with Crippen LogP contribution in [0.5, 0.6) is 0 Å². The van der Waals surface area contributed by atoms with Crippen LogP contribution in [0.2, 0.25) is 0 Å². The molecule has 1 saturated heterocycles. The molecular weight excluding hydrogens is 587 g/mol. The van der Waals surface area contributed by atoms with Gasteiger partial charge in [-0.15, -0.1) is 11.3 Å². The van der Waals surface area contributed by atoms with Gasteiger partial charge < -0.3 is 10.0 Å². The van der Waals surface area contributed by atoms with Gasteiger partial charge in [0.1, 0.15) is 4.21 Å². The Morgan fingerprint density at radius 2 is 1.62 bits per heavy atom. The van der Waals surface area contributed by atoms with Crippen LogP contribution in [0, 0.1) is 0 Å². The topological polar surface area (TPSA) is 98.2 Å². The van der Waals surface area contributed by atoms with Crippen LogP contribution < -0.4 is 4.90 Å². The maximum absolute atomic E-state index is 13.4. The van der Waals surface area contributed by atoms with E-state index in [2.05, 4.69) is 0 Å². The summed E-state index contributed by atoms with van der Waals surface area (Å²) >= 11 is 1.08. The standard InChI is InChI=1S/C26H30F3N3O5S3/c1-25(33,26(27,28)29)21-10-12-22(13-11-21)32-15-14-30(40(36,37)24-9-6-16-38-24)18-23(32)19-31(39(2,34)35)17-20-7-4-3-5-8-20/h3-13,16,23,33H,14-15,17-19H2,1-2H3/t23-,25-/m1/s1. The zero-order valence-corrected chi connectivity index (χ0v) is 24.3. The molecule has 1 N–H and O–H groups in total. The second kappa shape index (κ2) is 11.4. The maximum atomic E-state index is 13.4. The van der Waals surface area contributed by atoms with Gasteiger partial charge in [-0.3, -0.25) is 0 Å². The van der Waals surface area contributed by atoms with Crippen LogP contribution in [0.15, 0.2) is 76.3 Å². The van der Waals surface area contributed by atoms with Gasteiger partial charge in [-0.25, -0.2) is 16.8 Å². The van der Waals surface area contributed by atoms with Gasteiger partial charge in [-0.1, -0.05) is 48.5 Å². The van der Waals surface area contributed by atoms with Gasteiger partial charge in [0.25, 0.3) is 10.0 Å². The molecule has 40 heavy (non-hydrogen) atoms. The Kier molecular flexibility index (Phi) is 8.69. The second-order valence-electron chi connectivity index (χ2n) is 9.80. The summed E-state index contributed by atoms with van der Waals surface area (Å²) in [4.78, 5) is 1.80. The fraction of sp³-hybridized carbons (Fsp3) is 0.385. The summed E-state index contributed by atoms with van der Waals surface area (Å²) in [6.45, 7) is 0.903.